The van der Waals surface area contributed by atoms with Crippen LogP contribution in [-0.4, -0.2) is 95.5 Å². The van der Waals surface area contributed by atoms with Crippen molar-refractivity contribution in [1.29, 1.82) is 0 Å². The molecule has 1 unspecified atom stereocenters. The summed E-state index contributed by atoms with van der Waals surface area (Å²) < 4.78 is 31.9. The molecule has 0 fully saturated rings. The Hall–Kier alpha value is -0.120. The Morgan fingerprint density at radius 2 is 1.05 bits per heavy atom. The summed E-state index contributed by atoms with van der Waals surface area (Å²) in [5.74, 6) is 6.15. The molecule has 0 saturated heterocycles. The molecule has 0 aliphatic rings. The topological polar surface area (TPSA) is 87.1 Å². The number of hydrogen-bond acceptors (Lipinski definition) is 5. The van der Waals surface area contributed by atoms with Gasteiger partial charge in [-0.1, -0.05) is 0 Å². The van der Waals surface area contributed by atoms with Gasteiger partial charge in [0.05, 0.1) is 9.80 Å². The normalized spacial score (nSPS) is 11.8. The first kappa shape index (κ1) is 32.0. The van der Waals surface area contributed by atoms with Gasteiger partial charge in [0.2, 0.25) is 0 Å². The van der Waals surface area contributed by atoms with Gasteiger partial charge in [0.15, 0.2) is 0 Å². The zero-order valence-corrected chi connectivity index (χ0v) is 16.1. The van der Waals surface area contributed by atoms with Gasteiger partial charge in [0.25, 0.3) is 0 Å². The van der Waals surface area contributed by atoms with E-state index in [1.807, 2.05) is 26.0 Å². The van der Waals surface area contributed by atoms with Crippen molar-refractivity contribution in [2.75, 3.05) is 60.7 Å². The summed E-state index contributed by atoms with van der Waals surface area (Å²) in [5.41, 5.74) is 0. The summed E-state index contributed by atoms with van der Waals surface area (Å²) in [5, 5.41) is 7.57. The fraction of sp³-hybridized carbons (Fsp3) is 0.833. The van der Waals surface area contributed by atoms with Crippen molar-refractivity contribution < 1.29 is 22.8 Å². The lowest BCUT2D eigenvalue weighted by Gasteiger charge is -1.90. The highest BCUT2D eigenvalue weighted by Gasteiger charge is 1.71. The predicted molar refractivity (Wildman–Crippen MR) is 96.2 cm³/mol. The van der Waals surface area contributed by atoms with Crippen molar-refractivity contribution in [2.45, 2.75) is 6.92 Å². The van der Waals surface area contributed by atoms with Crippen LogP contribution in [0.25, 0.3) is 0 Å². The average molecular weight is 338 g/mol. The quantitative estimate of drug-likeness (QED) is 0.614. The van der Waals surface area contributed by atoms with Crippen molar-refractivity contribution >= 4 is 31.1 Å². The summed E-state index contributed by atoms with van der Waals surface area (Å²) >= 11 is 0. The third-order valence-corrected chi connectivity index (χ3v) is 0. The molecule has 0 spiro atoms. The van der Waals surface area contributed by atoms with Crippen molar-refractivity contribution in [2.24, 2.45) is 0 Å². The first-order valence-electron chi connectivity index (χ1n) is 5.50. The molecule has 6 nitrogen and oxygen atoms in total. The standard InChI is InChI=1S/C3H9N.C3H8OS.C2H6O2S.2C2H6O/c1-4(2)3;2*1-5(2,3)4;1-3-2;1-2-3/h1-3H3;1H2,2-3H3;1H2,2H3,(H,3,4);1-2H3;3H,2H2,1H3. The van der Waals surface area contributed by atoms with Crippen LogP contribution in [0.5, 0.6) is 0 Å². The lowest BCUT2D eigenvalue weighted by Crippen LogP contribution is -1.99. The largest absolute Gasteiger partial charge is 0.397 e. The maximum atomic E-state index is 10.1. The molecule has 0 saturated carbocycles. The Balaban J connectivity index is -0.0000000478. The number of ether oxygens (including phenoxy) is 1. The zero-order valence-electron chi connectivity index (χ0n) is 14.5. The number of aliphatic hydroxyl groups is 1. The molecule has 8 heteroatoms. The monoisotopic (exact) mass is 337 g/mol. The SMILES string of the molecule is C=S(C)(=O)O.C=S(C)(C)=O.CCO.CN(C)C.COC. The maximum Gasteiger partial charge on any atom is 0.0716 e. The first-order chi connectivity index (χ1) is 8.56. The van der Waals surface area contributed by atoms with E-state index < -0.39 is 19.3 Å². The molecule has 0 amide bonds. The van der Waals surface area contributed by atoms with E-state index in [9.17, 15) is 8.42 Å². The van der Waals surface area contributed by atoms with Gasteiger partial charge < -0.3 is 19.3 Å². The van der Waals surface area contributed by atoms with Crippen LogP contribution in [0.2, 0.25) is 0 Å². The molecule has 0 bridgehead atoms. The Kier molecular flexibility index (Phi) is 33.9. The number of nitrogens with zero attached hydrogens (tertiary/aromatic N) is 1. The predicted octanol–water partition coefficient (Wildman–Crippen LogP) is 0.207. The minimum absolute atomic E-state index is 0.250. The molecule has 0 aromatic heterocycles. The van der Waals surface area contributed by atoms with Crippen LogP contribution in [0.1, 0.15) is 6.92 Å². The summed E-state index contributed by atoms with van der Waals surface area (Å²) in [6.45, 7) is 1.93. The van der Waals surface area contributed by atoms with Crippen molar-refractivity contribution in [3.05, 3.63) is 0 Å². The summed E-state index contributed by atoms with van der Waals surface area (Å²) in [6, 6.07) is 0. The molecule has 2 N–H and O–H groups in total. The van der Waals surface area contributed by atoms with Crippen LogP contribution >= 0.6 is 0 Å². The Morgan fingerprint density at radius 1 is 1.05 bits per heavy atom. The second-order valence-corrected chi connectivity index (χ2v) is 9.25. The Morgan fingerprint density at radius 3 is 1.05 bits per heavy atom. The molecular formula is C12H35NO5S2. The molecule has 0 aliphatic heterocycles. The fourth-order valence-corrected chi connectivity index (χ4v) is 0. The first-order valence-corrected chi connectivity index (χ1v) is 10.1. The van der Waals surface area contributed by atoms with Gasteiger partial charge in [-0.2, -0.15) is 0 Å². The van der Waals surface area contributed by atoms with E-state index in [4.69, 9.17) is 9.66 Å². The molecular weight excluding hydrogens is 302 g/mol. The van der Waals surface area contributed by atoms with E-state index >= 15 is 0 Å². The van der Waals surface area contributed by atoms with Gasteiger partial charge >= 0.3 is 0 Å². The lowest BCUT2D eigenvalue weighted by atomic mass is 10.9. The Bertz CT molecular complexity index is 284. The smallest absolute Gasteiger partial charge is 0.0716 e. The van der Waals surface area contributed by atoms with E-state index in [-0.39, 0.29) is 6.61 Å². The summed E-state index contributed by atoms with van der Waals surface area (Å²) in [7, 11) is 4.92. The average Bonchev–Trinajstić information content (AvgIpc) is 1.96. The highest BCUT2D eigenvalue weighted by molar-refractivity contribution is 7.99. The minimum Gasteiger partial charge on any atom is -0.397 e. The van der Waals surface area contributed by atoms with E-state index in [0.29, 0.717) is 0 Å². The van der Waals surface area contributed by atoms with Crippen LogP contribution in [0, 0.1) is 0 Å². The molecule has 0 aromatic rings. The molecule has 1 atom stereocenters. The van der Waals surface area contributed by atoms with Gasteiger partial charge in [0.1, 0.15) is 0 Å². The second-order valence-electron chi connectivity index (χ2n) is 4.46. The third-order valence-electron chi connectivity index (χ3n) is 0. The number of rotatable bonds is 0. The molecule has 0 aromatic carbocycles. The van der Waals surface area contributed by atoms with E-state index in [1.165, 1.54) is 0 Å². The van der Waals surface area contributed by atoms with Gasteiger partial charge in [-0.25, -0.2) is 4.21 Å². The molecule has 20 heavy (non-hydrogen) atoms. The van der Waals surface area contributed by atoms with Gasteiger partial charge in [0, 0.05) is 39.6 Å². The van der Waals surface area contributed by atoms with Crippen LogP contribution in [0.4, 0.5) is 0 Å². The number of methoxy groups -OCH3 is 1. The minimum atomic E-state index is -2.67. The molecule has 0 aliphatic carbocycles. The second kappa shape index (κ2) is 21.2. The summed E-state index contributed by atoms with van der Waals surface area (Å²) in [6.07, 6.45) is 4.37. The fourth-order valence-electron chi connectivity index (χ4n) is 0. The lowest BCUT2D eigenvalue weighted by molar-refractivity contribution is 0.277. The zero-order chi connectivity index (χ0) is 18.0. The van der Waals surface area contributed by atoms with E-state index in [2.05, 4.69) is 16.5 Å². The van der Waals surface area contributed by atoms with Gasteiger partial charge in [-0.3, -0.25) is 4.21 Å². The molecule has 0 radical (unpaired) electrons. The number of hydrogen-bond donors (Lipinski definition) is 2. The number of aliphatic hydroxyl groups excluding tert-OH is 1. The van der Waals surface area contributed by atoms with E-state index in [1.54, 1.807) is 33.7 Å². The molecule has 130 valence electrons. The van der Waals surface area contributed by atoms with Crippen LogP contribution in [0.15, 0.2) is 0 Å². The van der Waals surface area contributed by atoms with Crippen molar-refractivity contribution in [3.63, 3.8) is 0 Å². The highest BCUT2D eigenvalue weighted by Crippen LogP contribution is 1.62. The maximum absolute atomic E-state index is 10.1. The summed E-state index contributed by atoms with van der Waals surface area (Å²) in [4.78, 5) is 2.00. The van der Waals surface area contributed by atoms with Gasteiger partial charge in [-0.15, -0.1) is 0 Å². The van der Waals surface area contributed by atoms with Crippen molar-refractivity contribution in [3.8, 4) is 0 Å². The highest BCUT2D eigenvalue weighted by atomic mass is 32.2. The van der Waals surface area contributed by atoms with Gasteiger partial charge in [-0.05, 0) is 49.3 Å². The third kappa shape index (κ3) is 354000. The van der Waals surface area contributed by atoms with Crippen LogP contribution in [-0.2, 0) is 24.1 Å². The Labute approximate surface area is 127 Å². The molecule has 0 heterocycles. The van der Waals surface area contributed by atoms with Crippen LogP contribution < -0.4 is 0 Å². The van der Waals surface area contributed by atoms with Crippen LogP contribution in [0.3, 0.4) is 0 Å². The van der Waals surface area contributed by atoms with E-state index in [0.717, 1.165) is 6.26 Å². The van der Waals surface area contributed by atoms with Crippen molar-refractivity contribution in [1.82, 2.24) is 4.90 Å². The molecule has 0 rings (SSSR count).